The van der Waals surface area contributed by atoms with Crippen LogP contribution < -0.4 is 10.3 Å². The Kier molecular flexibility index (Phi) is 7.10. The van der Waals surface area contributed by atoms with Crippen LogP contribution in [0.1, 0.15) is 12.5 Å². The molecule has 0 radical (unpaired) electrons. The summed E-state index contributed by atoms with van der Waals surface area (Å²) in [6.45, 7) is 3.10. The number of hydrogen-bond acceptors (Lipinski definition) is 5. The van der Waals surface area contributed by atoms with Crippen molar-refractivity contribution < 1.29 is 9.53 Å². The first-order chi connectivity index (χ1) is 16.1. The molecule has 6 nitrogen and oxygen atoms in total. The molecule has 0 aliphatic rings. The van der Waals surface area contributed by atoms with Crippen LogP contribution in [0.3, 0.4) is 0 Å². The molecular formula is C26H25N3O3S. The number of amides is 1. The van der Waals surface area contributed by atoms with E-state index in [4.69, 9.17) is 9.72 Å². The molecule has 0 fully saturated rings. The first-order valence-corrected chi connectivity index (χ1v) is 11.7. The summed E-state index contributed by atoms with van der Waals surface area (Å²) >= 11 is 1.26. The van der Waals surface area contributed by atoms with Gasteiger partial charge in [-0.15, -0.1) is 0 Å². The van der Waals surface area contributed by atoms with Crippen LogP contribution in [0.15, 0.2) is 88.8 Å². The normalized spacial score (nSPS) is 10.8. The van der Waals surface area contributed by atoms with E-state index in [0.29, 0.717) is 40.6 Å². The molecule has 7 heteroatoms. The lowest BCUT2D eigenvalue weighted by Gasteiger charge is -2.21. The monoisotopic (exact) mass is 459 g/mol. The van der Waals surface area contributed by atoms with Crippen LogP contribution >= 0.6 is 11.8 Å². The summed E-state index contributed by atoms with van der Waals surface area (Å²) in [7, 11) is 1.57. The highest BCUT2D eigenvalue weighted by Gasteiger charge is 2.19. The first-order valence-electron chi connectivity index (χ1n) is 10.7. The van der Waals surface area contributed by atoms with Crippen LogP contribution in [0.4, 0.5) is 0 Å². The van der Waals surface area contributed by atoms with E-state index >= 15 is 0 Å². The number of hydrogen-bond donors (Lipinski definition) is 0. The van der Waals surface area contributed by atoms with E-state index in [0.717, 1.165) is 5.56 Å². The molecule has 0 spiro atoms. The third-order valence-corrected chi connectivity index (χ3v) is 6.27. The highest BCUT2D eigenvalue weighted by atomic mass is 32.2. The smallest absolute Gasteiger partial charge is 0.266 e. The molecule has 0 aliphatic heterocycles. The first kappa shape index (κ1) is 22.6. The Labute approximate surface area is 196 Å². The van der Waals surface area contributed by atoms with Crippen molar-refractivity contribution in [2.45, 2.75) is 18.6 Å². The van der Waals surface area contributed by atoms with Gasteiger partial charge in [0.15, 0.2) is 5.16 Å². The number of carbonyl (C=O) groups is 1. The van der Waals surface area contributed by atoms with Gasteiger partial charge in [-0.05, 0) is 36.8 Å². The van der Waals surface area contributed by atoms with Crippen molar-refractivity contribution >= 4 is 28.6 Å². The minimum atomic E-state index is -0.198. The molecule has 4 aromatic rings. The zero-order valence-corrected chi connectivity index (χ0v) is 19.4. The van der Waals surface area contributed by atoms with Gasteiger partial charge in [0, 0.05) is 13.1 Å². The van der Waals surface area contributed by atoms with Crippen molar-refractivity contribution in [3.8, 4) is 11.4 Å². The maximum absolute atomic E-state index is 13.5. The number of para-hydroxylation sites is 3. The van der Waals surface area contributed by atoms with E-state index in [2.05, 4.69) is 0 Å². The molecule has 3 aromatic carbocycles. The molecule has 1 amide bonds. The third kappa shape index (κ3) is 4.93. The molecule has 0 aliphatic carbocycles. The van der Waals surface area contributed by atoms with Crippen molar-refractivity contribution in [2.75, 3.05) is 19.4 Å². The Morgan fingerprint density at radius 1 is 1.00 bits per heavy atom. The van der Waals surface area contributed by atoms with Gasteiger partial charge in [-0.3, -0.25) is 14.2 Å². The number of rotatable bonds is 8. The molecule has 0 saturated carbocycles. The minimum absolute atomic E-state index is 0.0136. The summed E-state index contributed by atoms with van der Waals surface area (Å²) in [5.41, 5.74) is 2.07. The number of methoxy groups -OCH3 is 1. The Balaban J connectivity index is 1.68. The number of nitrogens with zero attached hydrogens (tertiary/aromatic N) is 3. The summed E-state index contributed by atoms with van der Waals surface area (Å²) < 4.78 is 7.03. The predicted octanol–water partition coefficient (Wildman–Crippen LogP) is 4.54. The molecule has 0 bridgehead atoms. The van der Waals surface area contributed by atoms with E-state index in [1.54, 1.807) is 24.1 Å². The van der Waals surface area contributed by atoms with Crippen LogP contribution in [0.2, 0.25) is 0 Å². The summed E-state index contributed by atoms with van der Waals surface area (Å²) in [5.74, 6) is 0.713. The topological polar surface area (TPSA) is 64.4 Å². The fourth-order valence-corrected chi connectivity index (χ4v) is 4.54. The summed E-state index contributed by atoms with van der Waals surface area (Å²) in [5, 5.41) is 0.964. The van der Waals surface area contributed by atoms with Crippen molar-refractivity contribution in [1.29, 1.82) is 0 Å². The third-order valence-electron chi connectivity index (χ3n) is 5.35. The lowest BCUT2D eigenvalue weighted by molar-refractivity contribution is -0.128. The Morgan fingerprint density at radius 2 is 1.70 bits per heavy atom. The van der Waals surface area contributed by atoms with Crippen LogP contribution in [0, 0.1) is 0 Å². The summed E-state index contributed by atoms with van der Waals surface area (Å²) in [6, 6.07) is 24.4. The fraction of sp³-hybridized carbons (Fsp3) is 0.192. The van der Waals surface area contributed by atoms with Crippen molar-refractivity contribution in [3.63, 3.8) is 0 Å². The van der Waals surface area contributed by atoms with Gasteiger partial charge in [0.2, 0.25) is 5.91 Å². The average molecular weight is 460 g/mol. The standard InChI is InChI=1S/C26H25N3O3S/c1-3-28(17-19-11-5-4-6-12-19)24(30)18-33-26-27-21-14-8-7-13-20(21)25(31)29(26)22-15-9-10-16-23(22)32-2/h4-16H,3,17-18H2,1-2H3. The quantitative estimate of drug-likeness (QED) is 0.286. The number of fused-ring (bicyclic) bond motifs is 1. The number of carbonyl (C=O) groups excluding carboxylic acids is 1. The predicted molar refractivity (Wildman–Crippen MR) is 132 cm³/mol. The molecule has 33 heavy (non-hydrogen) atoms. The van der Waals surface area contributed by atoms with E-state index < -0.39 is 0 Å². The molecule has 0 N–H and O–H groups in total. The Morgan fingerprint density at radius 3 is 2.45 bits per heavy atom. The molecule has 1 heterocycles. The maximum Gasteiger partial charge on any atom is 0.266 e. The second-order valence-corrected chi connectivity index (χ2v) is 8.35. The summed E-state index contributed by atoms with van der Waals surface area (Å²) in [4.78, 5) is 33.0. The number of ether oxygens (including phenoxy) is 1. The van der Waals surface area contributed by atoms with Crippen molar-refractivity contribution in [2.24, 2.45) is 0 Å². The van der Waals surface area contributed by atoms with E-state index in [-0.39, 0.29) is 17.2 Å². The molecular weight excluding hydrogens is 434 g/mol. The molecule has 4 rings (SSSR count). The van der Waals surface area contributed by atoms with Gasteiger partial charge in [-0.1, -0.05) is 66.4 Å². The van der Waals surface area contributed by atoms with Gasteiger partial charge in [0.25, 0.3) is 5.56 Å². The highest BCUT2D eigenvalue weighted by Crippen LogP contribution is 2.27. The maximum atomic E-state index is 13.5. The van der Waals surface area contributed by atoms with Crippen LogP contribution in [-0.4, -0.2) is 39.8 Å². The molecule has 1 aromatic heterocycles. The molecule has 0 unspecified atom stereocenters. The second kappa shape index (κ2) is 10.4. The van der Waals surface area contributed by atoms with E-state index in [1.807, 2.05) is 73.7 Å². The minimum Gasteiger partial charge on any atom is -0.495 e. The molecule has 168 valence electrons. The van der Waals surface area contributed by atoms with Gasteiger partial charge in [0.1, 0.15) is 5.75 Å². The van der Waals surface area contributed by atoms with Crippen LogP contribution in [0.25, 0.3) is 16.6 Å². The fourth-order valence-electron chi connectivity index (χ4n) is 3.63. The molecule has 0 saturated heterocycles. The zero-order valence-electron chi connectivity index (χ0n) is 18.6. The van der Waals surface area contributed by atoms with Gasteiger partial charge in [-0.2, -0.15) is 0 Å². The summed E-state index contributed by atoms with van der Waals surface area (Å²) in [6.07, 6.45) is 0. The number of benzene rings is 3. The lowest BCUT2D eigenvalue weighted by Crippen LogP contribution is -2.32. The Hall–Kier alpha value is -3.58. The molecule has 0 atom stereocenters. The zero-order chi connectivity index (χ0) is 23.2. The van der Waals surface area contributed by atoms with Crippen LogP contribution in [0.5, 0.6) is 5.75 Å². The number of aromatic nitrogens is 2. The Bertz CT molecular complexity index is 1320. The van der Waals surface area contributed by atoms with Gasteiger partial charge >= 0.3 is 0 Å². The SMILES string of the molecule is CCN(Cc1ccccc1)C(=O)CSc1nc2ccccc2c(=O)n1-c1ccccc1OC. The van der Waals surface area contributed by atoms with Gasteiger partial charge < -0.3 is 9.64 Å². The van der Waals surface area contributed by atoms with Crippen molar-refractivity contribution in [3.05, 3.63) is 94.8 Å². The van der Waals surface area contributed by atoms with Gasteiger partial charge in [0.05, 0.1) is 29.5 Å². The van der Waals surface area contributed by atoms with Crippen LogP contribution in [-0.2, 0) is 11.3 Å². The average Bonchev–Trinajstić information content (AvgIpc) is 2.86. The number of thioether (sulfide) groups is 1. The second-order valence-electron chi connectivity index (χ2n) is 7.41. The van der Waals surface area contributed by atoms with E-state index in [9.17, 15) is 9.59 Å². The lowest BCUT2D eigenvalue weighted by atomic mass is 10.2. The van der Waals surface area contributed by atoms with Crippen molar-refractivity contribution in [1.82, 2.24) is 14.5 Å². The largest absolute Gasteiger partial charge is 0.495 e. The highest BCUT2D eigenvalue weighted by molar-refractivity contribution is 7.99. The van der Waals surface area contributed by atoms with E-state index in [1.165, 1.54) is 16.3 Å². The van der Waals surface area contributed by atoms with Gasteiger partial charge in [-0.25, -0.2) is 4.98 Å².